The topological polar surface area (TPSA) is 66.9 Å². The van der Waals surface area contributed by atoms with E-state index in [0.717, 1.165) is 17.8 Å². The number of amides is 1. The van der Waals surface area contributed by atoms with Crippen molar-refractivity contribution in [3.63, 3.8) is 0 Å². The smallest absolute Gasteiger partial charge is 0.275 e. The van der Waals surface area contributed by atoms with Gasteiger partial charge in [0.05, 0.1) is 12.4 Å². The zero-order valence-corrected chi connectivity index (χ0v) is 13.4. The average molecular weight is 318 g/mol. The zero-order valence-electron chi connectivity index (χ0n) is 13.4. The molecule has 1 amide bonds. The van der Waals surface area contributed by atoms with Crippen molar-refractivity contribution in [1.29, 1.82) is 0 Å². The van der Waals surface area contributed by atoms with Crippen molar-refractivity contribution in [1.82, 2.24) is 9.97 Å². The Bertz CT molecular complexity index is 816. The lowest BCUT2D eigenvalue weighted by molar-refractivity contribution is 0.102. The Labute approximate surface area is 140 Å². The molecule has 1 heterocycles. The quantitative estimate of drug-likeness (QED) is 0.745. The number of hydrogen-bond acceptors (Lipinski definition) is 4. The van der Waals surface area contributed by atoms with Crippen LogP contribution in [0.4, 0.5) is 17.2 Å². The van der Waals surface area contributed by atoms with Crippen LogP contribution < -0.4 is 10.6 Å². The molecule has 120 valence electrons. The highest BCUT2D eigenvalue weighted by atomic mass is 16.1. The molecule has 0 saturated carbocycles. The van der Waals surface area contributed by atoms with E-state index in [2.05, 4.69) is 33.6 Å². The first-order chi connectivity index (χ1) is 11.8. The van der Waals surface area contributed by atoms with Crippen molar-refractivity contribution in [2.45, 2.75) is 13.3 Å². The van der Waals surface area contributed by atoms with Gasteiger partial charge in [-0.3, -0.25) is 4.79 Å². The third-order valence-electron chi connectivity index (χ3n) is 3.58. The fourth-order valence-corrected chi connectivity index (χ4v) is 2.31. The summed E-state index contributed by atoms with van der Waals surface area (Å²) in [5, 5.41) is 6.02. The molecule has 0 saturated heterocycles. The van der Waals surface area contributed by atoms with E-state index >= 15 is 0 Å². The highest BCUT2D eigenvalue weighted by Crippen LogP contribution is 2.19. The zero-order chi connectivity index (χ0) is 16.8. The number of para-hydroxylation sites is 2. The number of anilines is 3. The van der Waals surface area contributed by atoms with Gasteiger partial charge in [0.2, 0.25) is 0 Å². The van der Waals surface area contributed by atoms with Gasteiger partial charge in [-0.15, -0.1) is 0 Å². The molecule has 5 nitrogen and oxygen atoms in total. The summed E-state index contributed by atoms with van der Waals surface area (Å²) in [6, 6.07) is 17.3. The molecule has 3 aromatic rings. The minimum atomic E-state index is -0.283. The molecule has 3 rings (SSSR count). The fraction of sp³-hybridized carbons (Fsp3) is 0.105. The number of carbonyl (C=O) groups excluding carboxylic acids is 1. The van der Waals surface area contributed by atoms with Crippen LogP contribution in [0.25, 0.3) is 0 Å². The van der Waals surface area contributed by atoms with Crippen LogP contribution in [0.15, 0.2) is 67.0 Å². The molecule has 5 heteroatoms. The lowest BCUT2D eigenvalue weighted by atomic mass is 10.1. The van der Waals surface area contributed by atoms with Gasteiger partial charge in [0.25, 0.3) is 5.91 Å². The van der Waals surface area contributed by atoms with Crippen LogP contribution in [0.5, 0.6) is 0 Å². The summed E-state index contributed by atoms with van der Waals surface area (Å²) < 4.78 is 0. The number of nitrogens with one attached hydrogen (secondary N) is 2. The van der Waals surface area contributed by atoms with E-state index in [4.69, 9.17) is 0 Å². The maximum absolute atomic E-state index is 12.2. The molecule has 0 spiro atoms. The molecule has 0 bridgehead atoms. The second kappa shape index (κ2) is 7.37. The highest BCUT2D eigenvalue weighted by Gasteiger charge is 2.09. The summed E-state index contributed by atoms with van der Waals surface area (Å²) in [5.41, 5.74) is 3.19. The van der Waals surface area contributed by atoms with E-state index < -0.39 is 0 Å². The maximum atomic E-state index is 12.2. The van der Waals surface area contributed by atoms with Crippen molar-refractivity contribution < 1.29 is 4.79 Å². The Hall–Kier alpha value is -3.21. The second-order valence-electron chi connectivity index (χ2n) is 5.24. The van der Waals surface area contributed by atoms with Gasteiger partial charge >= 0.3 is 0 Å². The van der Waals surface area contributed by atoms with Crippen molar-refractivity contribution in [2.75, 3.05) is 10.6 Å². The molecular weight excluding hydrogens is 300 g/mol. The van der Waals surface area contributed by atoms with Crippen LogP contribution in [0.3, 0.4) is 0 Å². The molecule has 0 aliphatic rings. The SMILES string of the molecule is CCc1ccccc1Nc1cnc(C(=O)Nc2ccccc2)cn1. The minimum absolute atomic E-state index is 0.271. The summed E-state index contributed by atoms with van der Waals surface area (Å²) >= 11 is 0. The van der Waals surface area contributed by atoms with Crippen LogP contribution in [-0.2, 0) is 6.42 Å². The van der Waals surface area contributed by atoms with Gasteiger partial charge in [-0.2, -0.15) is 0 Å². The monoisotopic (exact) mass is 318 g/mol. The van der Waals surface area contributed by atoms with Crippen LogP contribution in [-0.4, -0.2) is 15.9 Å². The molecular formula is C19H18N4O. The molecule has 0 atom stereocenters. The molecule has 0 unspecified atom stereocenters. The third-order valence-corrected chi connectivity index (χ3v) is 3.58. The lowest BCUT2D eigenvalue weighted by Gasteiger charge is -2.10. The predicted octanol–water partition coefficient (Wildman–Crippen LogP) is 4.03. The first kappa shape index (κ1) is 15.7. The molecule has 0 aliphatic carbocycles. The predicted molar refractivity (Wildman–Crippen MR) is 95.5 cm³/mol. The summed E-state index contributed by atoms with van der Waals surface area (Å²) in [7, 11) is 0. The van der Waals surface area contributed by atoms with Gasteiger partial charge in [0.1, 0.15) is 11.5 Å². The number of nitrogens with zero attached hydrogens (tertiary/aromatic N) is 2. The Morgan fingerprint density at radius 3 is 2.42 bits per heavy atom. The van der Waals surface area contributed by atoms with Crippen molar-refractivity contribution >= 4 is 23.1 Å². The standard InChI is InChI=1S/C19H18N4O/c1-2-14-8-6-7-11-16(14)23-18-13-20-17(12-21-18)19(24)22-15-9-4-3-5-10-15/h3-13H,2H2,1H3,(H,21,23)(H,22,24). The number of carbonyl (C=O) groups is 1. The average Bonchev–Trinajstić information content (AvgIpc) is 2.63. The van der Waals surface area contributed by atoms with Gasteiger partial charge in [0.15, 0.2) is 0 Å². The summed E-state index contributed by atoms with van der Waals surface area (Å²) in [4.78, 5) is 20.6. The fourth-order valence-electron chi connectivity index (χ4n) is 2.31. The Morgan fingerprint density at radius 2 is 1.71 bits per heavy atom. The van der Waals surface area contributed by atoms with Crippen LogP contribution in [0, 0.1) is 0 Å². The van der Waals surface area contributed by atoms with Gasteiger partial charge in [-0.05, 0) is 30.2 Å². The Morgan fingerprint density at radius 1 is 0.958 bits per heavy atom. The van der Waals surface area contributed by atoms with Gasteiger partial charge < -0.3 is 10.6 Å². The Balaban J connectivity index is 1.70. The molecule has 0 radical (unpaired) electrons. The maximum Gasteiger partial charge on any atom is 0.275 e. The van der Waals surface area contributed by atoms with Crippen LogP contribution in [0.1, 0.15) is 23.0 Å². The summed E-state index contributed by atoms with van der Waals surface area (Å²) in [6.07, 6.45) is 3.95. The van der Waals surface area contributed by atoms with Crippen molar-refractivity contribution in [3.8, 4) is 0 Å². The largest absolute Gasteiger partial charge is 0.339 e. The molecule has 0 fully saturated rings. The van der Waals surface area contributed by atoms with Gasteiger partial charge in [0, 0.05) is 11.4 Å². The first-order valence-corrected chi connectivity index (χ1v) is 7.79. The molecule has 1 aromatic heterocycles. The summed E-state index contributed by atoms with van der Waals surface area (Å²) in [5.74, 6) is 0.321. The summed E-state index contributed by atoms with van der Waals surface area (Å²) in [6.45, 7) is 2.10. The van der Waals surface area contributed by atoms with E-state index in [1.165, 1.54) is 11.8 Å². The van der Waals surface area contributed by atoms with E-state index in [-0.39, 0.29) is 11.6 Å². The van der Waals surface area contributed by atoms with Crippen LogP contribution in [0.2, 0.25) is 0 Å². The van der Waals surface area contributed by atoms with E-state index in [0.29, 0.717) is 5.82 Å². The number of benzene rings is 2. The highest BCUT2D eigenvalue weighted by molar-refractivity contribution is 6.02. The third kappa shape index (κ3) is 3.76. The van der Waals surface area contributed by atoms with Gasteiger partial charge in [-0.25, -0.2) is 9.97 Å². The normalized spacial score (nSPS) is 10.2. The van der Waals surface area contributed by atoms with Crippen LogP contribution >= 0.6 is 0 Å². The second-order valence-corrected chi connectivity index (χ2v) is 5.24. The van der Waals surface area contributed by atoms with Crippen molar-refractivity contribution in [3.05, 3.63) is 78.2 Å². The molecule has 2 N–H and O–H groups in total. The lowest BCUT2D eigenvalue weighted by Crippen LogP contribution is -2.14. The molecule has 24 heavy (non-hydrogen) atoms. The minimum Gasteiger partial charge on any atom is -0.339 e. The van der Waals surface area contributed by atoms with Gasteiger partial charge in [-0.1, -0.05) is 43.3 Å². The number of rotatable bonds is 5. The molecule has 0 aliphatic heterocycles. The van der Waals surface area contributed by atoms with E-state index in [1.807, 2.05) is 48.5 Å². The first-order valence-electron chi connectivity index (χ1n) is 7.79. The van der Waals surface area contributed by atoms with E-state index in [9.17, 15) is 4.79 Å². The van der Waals surface area contributed by atoms with Crippen molar-refractivity contribution in [2.24, 2.45) is 0 Å². The molecule has 2 aromatic carbocycles. The Kier molecular flexibility index (Phi) is 4.81. The number of aromatic nitrogens is 2. The number of hydrogen-bond donors (Lipinski definition) is 2. The van der Waals surface area contributed by atoms with E-state index in [1.54, 1.807) is 6.20 Å². The number of aryl methyl sites for hydroxylation is 1.